The molecule has 218 valence electrons. The summed E-state index contributed by atoms with van der Waals surface area (Å²) < 4.78 is 22.5. The number of ether oxygens (including phenoxy) is 3. The Bertz CT molecular complexity index is 1660. The number of rotatable bonds is 7. The number of phenolic OH excluding ortho intramolecular Hbond substituents is 3. The Hall–Kier alpha value is -4.88. The van der Waals surface area contributed by atoms with E-state index in [2.05, 4.69) is 0 Å². The van der Waals surface area contributed by atoms with Gasteiger partial charge in [0.25, 0.3) is 0 Å². The Morgan fingerprint density at radius 2 is 1.62 bits per heavy atom. The third kappa shape index (κ3) is 6.06. The average Bonchev–Trinajstić information content (AvgIpc) is 2.96. The second-order valence-corrected chi connectivity index (χ2v) is 9.49. The highest BCUT2D eigenvalue weighted by Crippen LogP contribution is 2.32. The van der Waals surface area contributed by atoms with Crippen molar-refractivity contribution in [2.45, 2.75) is 30.7 Å². The van der Waals surface area contributed by atoms with E-state index in [-0.39, 0.29) is 34.0 Å². The van der Waals surface area contributed by atoms with Gasteiger partial charge in [0.1, 0.15) is 58.0 Å². The van der Waals surface area contributed by atoms with E-state index in [1.165, 1.54) is 42.5 Å². The summed E-state index contributed by atoms with van der Waals surface area (Å²) in [4.78, 5) is 25.1. The van der Waals surface area contributed by atoms with Gasteiger partial charge in [0, 0.05) is 29.8 Å². The van der Waals surface area contributed by atoms with Crippen LogP contribution in [0.2, 0.25) is 0 Å². The molecule has 42 heavy (non-hydrogen) atoms. The van der Waals surface area contributed by atoms with Crippen LogP contribution in [0.3, 0.4) is 0 Å². The predicted molar refractivity (Wildman–Crippen MR) is 147 cm³/mol. The van der Waals surface area contributed by atoms with Crippen molar-refractivity contribution in [1.29, 1.82) is 0 Å². The van der Waals surface area contributed by atoms with Gasteiger partial charge in [-0.05, 0) is 48.0 Å². The molecule has 12 nitrogen and oxygen atoms in total. The Morgan fingerprint density at radius 1 is 0.905 bits per heavy atom. The highest BCUT2D eigenvalue weighted by atomic mass is 16.7. The summed E-state index contributed by atoms with van der Waals surface area (Å²) in [5.74, 6) is -1.19. The van der Waals surface area contributed by atoms with Crippen molar-refractivity contribution < 1.29 is 54.1 Å². The molecule has 0 spiro atoms. The van der Waals surface area contributed by atoms with E-state index in [1.807, 2.05) is 0 Å². The molecule has 5 rings (SSSR count). The standard InChI is InChI=1S/C30H26O12/c31-14-24-27(37)28(38)29(42-25(36)10-3-15-1-6-17(32)7-2-15)30(41-24)39-19-8-4-16(5-9-19)22-13-21(35)26-20(34)11-18(33)12-23(26)40-22/h1-13,24,27-34,37-38H,14H2/b10-3+/t24-,27-,28+,29-,30-/m1/s1. The summed E-state index contributed by atoms with van der Waals surface area (Å²) in [5.41, 5.74) is 0.498. The van der Waals surface area contributed by atoms with Crippen molar-refractivity contribution in [3.63, 3.8) is 0 Å². The molecule has 1 fully saturated rings. The van der Waals surface area contributed by atoms with Crippen molar-refractivity contribution in [2.75, 3.05) is 6.61 Å². The zero-order chi connectivity index (χ0) is 30.0. The van der Waals surface area contributed by atoms with Crippen LogP contribution in [-0.2, 0) is 14.3 Å². The van der Waals surface area contributed by atoms with Gasteiger partial charge < -0.3 is 49.3 Å². The minimum atomic E-state index is -1.66. The molecule has 0 radical (unpaired) electrons. The van der Waals surface area contributed by atoms with Crippen LogP contribution in [0.25, 0.3) is 28.4 Å². The van der Waals surface area contributed by atoms with Gasteiger partial charge in [-0.1, -0.05) is 12.1 Å². The first-order valence-electron chi connectivity index (χ1n) is 12.7. The van der Waals surface area contributed by atoms with E-state index in [1.54, 1.807) is 24.3 Å². The fraction of sp³-hybridized carbons (Fsp3) is 0.200. The second-order valence-electron chi connectivity index (χ2n) is 9.49. The van der Waals surface area contributed by atoms with Gasteiger partial charge in [-0.15, -0.1) is 0 Å². The van der Waals surface area contributed by atoms with E-state index in [0.29, 0.717) is 11.1 Å². The zero-order valence-corrected chi connectivity index (χ0v) is 21.7. The largest absolute Gasteiger partial charge is 0.508 e. The topological polar surface area (TPSA) is 196 Å². The van der Waals surface area contributed by atoms with Crippen LogP contribution < -0.4 is 10.2 Å². The fourth-order valence-electron chi connectivity index (χ4n) is 4.43. The molecule has 0 amide bonds. The first-order valence-corrected chi connectivity index (χ1v) is 12.7. The molecule has 1 saturated heterocycles. The Morgan fingerprint density at radius 3 is 2.31 bits per heavy atom. The van der Waals surface area contributed by atoms with Crippen LogP contribution in [-0.4, -0.2) is 73.9 Å². The van der Waals surface area contributed by atoms with Crippen molar-refractivity contribution >= 4 is 23.0 Å². The smallest absolute Gasteiger partial charge is 0.331 e. The summed E-state index contributed by atoms with van der Waals surface area (Å²) in [5, 5.41) is 59.7. The summed E-state index contributed by atoms with van der Waals surface area (Å²) >= 11 is 0. The van der Waals surface area contributed by atoms with Gasteiger partial charge in [-0.25, -0.2) is 4.79 Å². The fourth-order valence-corrected chi connectivity index (χ4v) is 4.43. The maximum Gasteiger partial charge on any atom is 0.331 e. The number of phenols is 3. The summed E-state index contributed by atoms with van der Waals surface area (Å²) in [7, 11) is 0. The molecular weight excluding hydrogens is 552 g/mol. The first kappa shape index (κ1) is 28.6. The molecule has 0 aliphatic carbocycles. The van der Waals surface area contributed by atoms with Crippen LogP contribution in [0.4, 0.5) is 0 Å². The van der Waals surface area contributed by atoms with Gasteiger partial charge in [0.15, 0.2) is 11.5 Å². The summed E-state index contributed by atoms with van der Waals surface area (Å²) in [6, 6.07) is 15.5. The van der Waals surface area contributed by atoms with Crippen molar-refractivity contribution in [2.24, 2.45) is 0 Å². The van der Waals surface area contributed by atoms with Crippen LogP contribution in [0.1, 0.15) is 5.56 Å². The molecule has 1 aliphatic heterocycles. The van der Waals surface area contributed by atoms with E-state index < -0.39 is 54.5 Å². The average molecular weight is 579 g/mol. The third-order valence-electron chi connectivity index (χ3n) is 6.57. The minimum absolute atomic E-state index is 0.0161. The van der Waals surface area contributed by atoms with Gasteiger partial charge in [-0.2, -0.15) is 0 Å². The normalized spacial score (nSPS) is 22.3. The van der Waals surface area contributed by atoms with Crippen molar-refractivity contribution in [1.82, 2.24) is 0 Å². The Labute approximate surface area is 237 Å². The lowest BCUT2D eigenvalue weighted by atomic mass is 9.99. The second kappa shape index (κ2) is 11.9. The molecule has 0 bridgehead atoms. The summed E-state index contributed by atoms with van der Waals surface area (Å²) in [6.45, 7) is -0.648. The quantitative estimate of drug-likeness (QED) is 0.138. The molecular formula is C30H26O12. The van der Waals surface area contributed by atoms with Gasteiger partial charge in [0.05, 0.1) is 6.61 Å². The van der Waals surface area contributed by atoms with Gasteiger partial charge in [-0.3, -0.25) is 4.79 Å². The first-order chi connectivity index (χ1) is 20.1. The lowest BCUT2D eigenvalue weighted by molar-refractivity contribution is -0.281. The molecule has 0 unspecified atom stereocenters. The highest BCUT2D eigenvalue weighted by molar-refractivity contribution is 5.87. The molecule has 2 heterocycles. The number of aliphatic hydroxyl groups excluding tert-OH is 3. The minimum Gasteiger partial charge on any atom is -0.508 e. The van der Waals surface area contributed by atoms with E-state index >= 15 is 0 Å². The number of aliphatic hydroxyl groups is 3. The lowest BCUT2D eigenvalue weighted by Crippen LogP contribution is -2.61. The van der Waals surface area contributed by atoms with Gasteiger partial charge >= 0.3 is 5.97 Å². The monoisotopic (exact) mass is 578 g/mol. The molecule has 5 atom stereocenters. The number of carbonyl (C=O) groups is 1. The highest BCUT2D eigenvalue weighted by Gasteiger charge is 2.47. The number of carbonyl (C=O) groups excluding carboxylic acids is 1. The van der Waals surface area contributed by atoms with E-state index in [4.69, 9.17) is 18.6 Å². The van der Waals surface area contributed by atoms with Crippen LogP contribution in [0.5, 0.6) is 23.0 Å². The summed E-state index contributed by atoms with van der Waals surface area (Å²) in [6.07, 6.45) is -4.87. The molecule has 6 N–H and O–H groups in total. The molecule has 0 saturated carbocycles. The van der Waals surface area contributed by atoms with E-state index in [9.17, 15) is 40.2 Å². The van der Waals surface area contributed by atoms with Gasteiger partial charge in [0.2, 0.25) is 6.29 Å². The Balaban J connectivity index is 1.35. The zero-order valence-electron chi connectivity index (χ0n) is 21.7. The van der Waals surface area contributed by atoms with E-state index in [0.717, 1.165) is 12.1 Å². The van der Waals surface area contributed by atoms with Crippen LogP contribution >= 0.6 is 0 Å². The molecule has 4 aromatic rings. The number of esters is 1. The third-order valence-corrected chi connectivity index (χ3v) is 6.57. The maximum absolute atomic E-state index is 12.6. The van der Waals surface area contributed by atoms with Crippen molar-refractivity contribution in [3.8, 4) is 34.3 Å². The molecule has 12 heteroatoms. The molecule has 1 aromatic heterocycles. The SMILES string of the molecule is O=C(/C=C/c1ccc(O)cc1)O[C@H]1[C@H](Oc2ccc(-c3cc(=O)c4c(O)cc(O)cc4o3)cc2)O[C@H](CO)[C@@H](O)[C@@H]1O. The van der Waals surface area contributed by atoms with Crippen LogP contribution in [0, 0.1) is 0 Å². The van der Waals surface area contributed by atoms with Crippen LogP contribution in [0.15, 0.2) is 82.0 Å². The maximum atomic E-state index is 12.6. The number of hydrogen-bond donors (Lipinski definition) is 6. The predicted octanol–water partition coefficient (Wildman–Crippen LogP) is 2.02. The lowest BCUT2D eigenvalue weighted by Gasteiger charge is -2.41. The number of hydrogen-bond acceptors (Lipinski definition) is 12. The molecule has 3 aromatic carbocycles. The molecule has 1 aliphatic rings. The van der Waals surface area contributed by atoms with Crippen molar-refractivity contribution in [3.05, 3.63) is 88.6 Å². The number of aromatic hydroxyl groups is 3. The number of fused-ring (bicyclic) bond motifs is 1. The number of benzene rings is 3. The Kier molecular flexibility index (Phi) is 8.13.